The number of benzene rings is 1. The van der Waals surface area contributed by atoms with Crippen molar-refractivity contribution < 1.29 is 9.13 Å². The van der Waals surface area contributed by atoms with E-state index in [1.54, 1.807) is 6.07 Å². The Hall–Kier alpha value is -0.870. The SMILES string of the molecule is C=C(Br)COc1ccc(F)cc1CNC(C)(C)C. The Morgan fingerprint density at radius 3 is 2.67 bits per heavy atom. The Labute approximate surface area is 116 Å². The molecule has 0 unspecified atom stereocenters. The standard InChI is InChI=1S/C14H19BrFNO/c1-10(15)9-18-13-6-5-12(16)7-11(13)8-17-14(2,3)4/h5-7,17H,1,8-9H2,2-4H3. The van der Waals surface area contributed by atoms with Gasteiger partial charge in [0.2, 0.25) is 0 Å². The summed E-state index contributed by atoms with van der Waals surface area (Å²) in [7, 11) is 0. The molecule has 0 aliphatic rings. The lowest BCUT2D eigenvalue weighted by atomic mass is 10.1. The third-order valence-electron chi connectivity index (χ3n) is 2.22. The van der Waals surface area contributed by atoms with Gasteiger partial charge >= 0.3 is 0 Å². The Bertz CT molecular complexity index is 426. The van der Waals surface area contributed by atoms with Crippen LogP contribution in [0.5, 0.6) is 5.75 Å². The van der Waals surface area contributed by atoms with Crippen molar-refractivity contribution in [1.82, 2.24) is 5.32 Å². The maximum absolute atomic E-state index is 13.3. The molecule has 18 heavy (non-hydrogen) atoms. The Kier molecular flexibility index (Phi) is 5.35. The highest BCUT2D eigenvalue weighted by molar-refractivity contribution is 9.11. The van der Waals surface area contributed by atoms with Crippen LogP contribution in [0.4, 0.5) is 4.39 Å². The van der Waals surface area contributed by atoms with E-state index in [-0.39, 0.29) is 11.4 Å². The molecule has 0 radical (unpaired) electrons. The number of hydrogen-bond acceptors (Lipinski definition) is 2. The van der Waals surface area contributed by atoms with Crippen LogP contribution in [0.1, 0.15) is 26.3 Å². The van der Waals surface area contributed by atoms with Crippen molar-refractivity contribution in [3.63, 3.8) is 0 Å². The fraction of sp³-hybridized carbons (Fsp3) is 0.429. The van der Waals surface area contributed by atoms with E-state index in [2.05, 4.69) is 48.6 Å². The second-order valence-electron chi connectivity index (χ2n) is 5.16. The largest absolute Gasteiger partial charge is 0.488 e. The molecule has 0 heterocycles. The minimum absolute atomic E-state index is 0.0252. The third-order valence-corrected chi connectivity index (χ3v) is 2.44. The Balaban J connectivity index is 2.79. The third kappa shape index (κ3) is 5.65. The molecule has 0 atom stereocenters. The minimum Gasteiger partial charge on any atom is -0.488 e. The van der Waals surface area contributed by atoms with E-state index >= 15 is 0 Å². The van der Waals surface area contributed by atoms with Crippen LogP contribution < -0.4 is 10.1 Å². The molecule has 0 bridgehead atoms. The zero-order chi connectivity index (χ0) is 13.8. The maximum Gasteiger partial charge on any atom is 0.124 e. The van der Waals surface area contributed by atoms with Gasteiger partial charge in [-0.05, 0) is 39.0 Å². The summed E-state index contributed by atoms with van der Waals surface area (Å²) in [5.74, 6) is 0.416. The average molecular weight is 316 g/mol. The zero-order valence-corrected chi connectivity index (χ0v) is 12.6. The molecule has 1 rings (SSSR count). The molecule has 0 saturated carbocycles. The molecule has 2 nitrogen and oxygen atoms in total. The van der Waals surface area contributed by atoms with Crippen molar-refractivity contribution in [2.45, 2.75) is 32.9 Å². The van der Waals surface area contributed by atoms with Crippen molar-refractivity contribution in [3.8, 4) is 5.75 Å². The van der Waals surface area contributed by atoms with E-state index in [0.717, 1.165) is 10.0 Å². The van der Waals surface area contributed by atoms with Gasteiger partial charge in [-0.2, -0.15) is 0 Å². The van der Waals surface area contributed by atoms with Crippen LogP contribution in [0.2, 0.25) is 0 Å². The van der Waals surface area contributed by atoms with Crippen molar-refractivity contribution in [3.05, 3.63) is 40.6 Å². The van der Waals surface area contributed by atoms with Crippen LogP contribution in [-0.4, -0.2) is 12.1 Å². The van der Waals surface area contributed by atoms with Crippen LogP contribution in [-0.2, 0) is 6.54 Å². The molecule has 0 saturated heterocycles. The highest BCUT2D eigenvalue weighted by Gasteiger charge is 2.12. The van der Waals surface area contributed by atoms with Gasteiger partial charge in [-0.25, -0.2) is 4.39 Å². The van der Waals surface area contributed by atoms with Gasteiger partial charge in [-0.15, -0.1) is 0 Å². The van der Waals surface area contributed by atoms with E-state index in [4.69, 9.17) is 4.74 Å². The van der Waals surface area contributed by atoms with Crippen LogP contribution in [0.25, 0.3) is 0 Å². The van der Waals surface area contributed by atoms with E-state index in [1.807, 2.05) is 0 Å². The quantitative estimate of drug-likeness (QED) is 0.886. The van der Waals surface area contributed by atoms with Crippen molar-refractivity contribution in [2.24, 2.45) is 0 Å². The first kappa shape index (κ1) is 15.2. The first-order valence-corrected chi connectivity index (χ1v) is 6.57. The normalized spacial score (nSPS) is 11.4. The molecule has 100 valence electrons. The van der Waals surface area contributed by atoms with Crippen molar-refractivity contribution in [2.75, 3.05) is 6.61 Å². The monoisotopic (exact) mass is 315 g/mol. The summed E-state index contributed by atoms with van der Waals surface area (Å²) in [5.41, 5.74) is 0.779. The smallest absolute Gasteiger partial charge is 0.124 e. The molecule has 1 aromatic rings. The number of ether oxygens (including phenoxy) is 1. The second kappa shape index (κ2) is 6.34. The first-order valence-electron chi connectivity index (χ1n) is 5.77. The van der Waals surface area contributed by atoms with Gasteiger partial charge in [-0.3, -0.25) is 0 Å². The highest BCUT2D eigenvalue weighted by atomic mass is 79.9. The number of nitrogens with one attached hydrogen (secondary N) is 1. The number of halogens is 2. The van der Waals surface area contributed by atoms with E-state index in [1.165, 1.54) is 12.1 Å². The molecule has 0 aromatic heterocycles. The van der Waals surface area contributed by atoms with Crippen LogP contribution >= 0.6 is 15.9 Å². The van der Waals surface area contributed by atoms with Gasteiger partial charge in [0.25, 0.3) is 0 Å². The average Bonchev–Trinajstić information content (AvgIpc) is 2.23. The summed E-state index contributed by atoms with van der Waals surface area (Å²) in [4.78, 5) is 0. The first-order chi connectivity index (χ1) is 8.28. The molecule has 4 heteroatoms. The molecule has 0 aliphatic carbocycles. The predicted octanol–water partition coefficient (Wildman–Crippen LogP) is 4.00. The lowest BCUT2D eigenvalue weighted by Gasteiger charge is -2.21. The predicted molar refractivity (Wildman–Crippen MR) is 76.6 cm³/mol. The summed E-state index contributed by atoms with van der Waals surface area (Å²) in [6.07, 6.45) is 0. The van der Waals surface area contributed by atoms with Crippen molar-refractivity contribution in [1.29, 1.82) is 0 Å². The highest BCUT2D eigenvalue weighted by Crippen LogP contribution is 2.21. The lowest BCUT2D eigenvalue weighted by Crippen LogP contribution is -2.35. The number of rotatable bonds is 5. The minimum atomic E-state index is -0.259. The summed E-state index contributed by atoms with van der Waals surface area (Å²) >= 11 is 3.23. The maximum atomic E-state index is 13.3. The molecule has 0 fully saturated rings. The van der Waals surface area contributed by atoms with Gasteiger partial charge in [0.1, 0.15) is 18.2 Å². The van der Waals surface area contributed by atoms with Crippen LogP contribution in [0.15, 0.2) is 29.3 Å². The molecule has 0 aliphatic heterocycles. The van der Waals surface area contributed by atoms with E-state index < -0.39 is 0 Å². The number of hydrogen-bond donors (Lipinski definition) is 1. The van der Waals surface area contributed by atoms with Gasteiger partial charge < -0.3 is 10.1 Å². The fourth-order valence-corrected chi connectivity index (χ4v) is 1.46. The van der Waals surface area contributed by atoms with Gasteiger partial charge in [0, 0.05) is 22.1 Å². The van der Waals surface area contributed by atoms with Crippen LogP contribution in [0.3, 0.4) is 0 Å². The molecular weight excluding hydrogens is 297 g/mol. The molecule has 1 N–H and O–H groups in total. The van der Waals surface area contributed by atoms with Crippen molar-refractivity contribution >= 4 is 15.9 Å². The Morgan fingerprint density at radius 2 is 2.11 bits per heavy atom. The van der Waals surface area contributed by atoms with Gasteiger partial charge in [-0.1, -0.05) is 22.5 Å². The molecule has 0 amide bonds. The van der Waals surface area contributed by atoms with Gasteiger partial charge in [0.05, 0.1) is 0 Å². The topological polar surface area (TPSA) is 21.3 Å². The Morgan fingerprint density at radius 1 is 1.44 bits per heavy atom. The van der Waals surface area contributed by atoms with E-state index in [0.29, 0.717) is 18.9 Å². The van der Waals surface area contributed by atoms with Crippen LogP contribution in [0, 0.1) is 5.82 Å². The summed E-state index contributed by atoms with van der Waals surface area (Å²) < 4.78 is 19.6. The lowest BCUT2D eigenvalue weighted by molar-refractivity contribution is 0.349. The molecule has 0 spiro atoms. The zero-order valence-electron chi connectivity index (χ0n) is 11.0. The summed E-state index contributed by atoms with van der Waals surface area (Å²) in [5, 5.41) is 3.31. The van der Waals surface area contributed by atoms with E-state index in [9.17, 15) is 4.39 Å². The molecule has 1 aromatic carbocycles. The summed E-state index contributed by atoms with van der Waals surface area (Å²) in [6, 6.07) is 4.53. The van der Waals surface area contributed by atoms with Gasteiger partial charge in [0.15, 0.2) is 0 Å². The second-order valence-corrected chi connectivity index (χ2v) is 6.28. The molecular formula is C14H19BrFNO. The summed E-state index contributed by atoms with van der Waals surface area (Å²) in [6.45, 7) is 10.8. The fourth-order valence-electron chi connectivity index (χ4n) is 1.34.